The van der Waals surface area contributed by atoms with Gasteiger partial charge < -0.3 is 14.6 Å². The first kappa shape index (κ1) is 21.9. The van der Waals surface area contributed by atoms with Crippen LogP contribution in [-0.4, -0.2) is 59.0 Å². The van der Waals surface area contributed by atoms with Crippen LogP contribution < -0.4 is 5.32 Å². The molecule has 4 rings (SSSR count). The van der Waals surface area contributed by atoms with E-state index in [0.717, 1.165) is 22.4 Å². The van der Waals surface area contributed by atoms with Gasteiger partial charge in [0, 0.05) is 7.05 Å². The minimum absolute atomic E-state index is 0.117. The number of fused-ring (bicyclic) bond motifs is 1. The van der Waals surface area contributed by atoms with Gasteiger partial charge in [0.15, 0.2) is 16.1 Å². The number of hydrogen-bond acceptors (Lipinski definition) is 10. The summed E-state index contributed by atoms with van der Waals surface area (Å²) in [4.78, 5) is 28.9. The predicted molar refractivity (Wildman–Crippen MR) is 120 cm³/mol. The molecule has 166 valence electrons. The number of nitrogens with zero attached hydrogens (tertiary/aromatic N) is 7. The van der Waals surface area contributed by atoms with Crippen molar-refractivity contribution in [3.63, 3.8) is 0 Å². The zero-order valence-corrected chi connectivity index (χ0v) is 19.2. The largest absolute Gasteiger partial charge is 0.462 e. The first-order valence-electron chi connectivity index (χ1n) is 9.70. The number of hydrogen-bond donors (Lipinski definition) is 1. The number of carbonyl (C=O) groups excluding carboxylic acids is 2. The van der Waals surface area contributed by atoms with E-state index < -0.39 is 5.97 Å². The standard InChI is InChI=1S/C19H20N8O3S2/c1-4-30-17(29)16-11(2)20-18(32-16)21-15(28)10-31-19-24-23-14(26(19)3)9-27-13-8-6-5-7-12(13)22-25-27/h5-8H,4,9-10H2,1-3H3,(H,20,21,28). The number of thiazole rings is 1. The summed E-state index contributed by atoms with van der Waals surface area (Å²) in [6.07, 6.45) is 0. The smallest absolute Gasteiger partial charge is 0.350 e. The lowest BCUT2D eigenvalue weighted by Gasteiger charge is -2.04. The molecule has 0 aliphatic rings. The van der Waals surface area contributed by atoms with Gasteiger partial charge in [-0.25, -0.2) is 14.5 Å². The highest BCUT2D eigenvalue weighted by atomic mass is 32.2. The first-order chi connectivity index (χ1) is 15.5. The monoisotopic (exact) mass is 472 g/mol. The predicted octanol–water partition coefficient (Wildman–Crippen LogP) is 2.28. The maximum atomic E-state index is 12.4. The molecular weight excluding hydrogens is 452 g/mol. The third-order valence-corrected chi connectivity index (χ3v) is 6.55. The van der Waals surface area contributed by atoms with Crippen LogP contribution in [0.2, 0.25) is 0 Å². The third kappa shape index (κ3) is 4.62. The molecule has 11 nitrogen and oxygen atoms in total. The number of nitrogens with one attached hydrogen (secondary N) is 1. The fraction of sp³-hybridized carbons (Fsp3) is 0.316. The lowest BCUT2D eigenvalue weighted by molar-refractivity contribution is -0.113. The summed E-state index contributed by atoms with van der Waals surface area (Å²) < 4.78 is 8.57. The van der Waals surface area contributed by atoms with Gasteiger partial charge in [0.05, 0.1) is 23.6 Å². The third-order valence-electron chi connectivity index (χ3n) is 4.47. The molecule has 1 amide bonds. The van der Waals surface area contributed by atoms with Gasteiger partial charge in [0.25, 0.3) is 0 Å². The second-order valence-corrected chi connectivity index (χ2v) is 8.63. The minimum Gasteiger partial charge on any atom is -0.462 e. The summed E-state index contributed by atoms with van der Waals surface area (Å²) in [7, 11) is 1.84. The van der Waals surface area contributed by atoms with Gasteiger partial charge in [-0.05, 0) is 26.0 Å². The zero-order valence-electron chi connectivity index (χ0n) is 17.6. The molecule has 0 saturated heterocycles. The number of ether oxygens (including phenoxy) is 1. The fourth-order valence-corrected chi connectivity index (χ4v) is 4.50. The average molecular weight is 473 g/mol. The number of amides is 1. The number of carbonyl (C=O) groups is 2. The van der Waals surface area contributed by atoms with Crippen LogP contribution in [-0.2, 0) is 23.1 Å². The van der Waals surface area contributed by atoms with Crippen LogP contribution in [0.5, 0.6) is 0 Å². The van der Waals surface area contributed by atoms with Gasteiger partial charge in [-0.1, -0.05) is 40.4 Å². The maximum Gasteiger partial charge on any atom is 0.350 e. The van der Waals surface area contributed by atoms with E-state index in [-0.39, 0.29) is 18.3 Å². The van der Waals surface area contributed by atoms with E-state index >= 15 is 0 Å². The van der Waals surface area contributed by atoms with Crippen molar-refractivity contribution in [3.8, 4) is 0 Å². The number of aryl methyl sites for hydroxylation is 1. The maximum absolute atomic E-state index is 12.4. The highest BCUT2D eigenvalue weighted by molar-refractivity contribution is 7.99. The fourth-order valence-electron chi connectivity index (χ4n) is 2.90. The summed E-state index contributed by atoms with van der Waals surface area (Å²) in [6, 6.07) is 7.68. The van der Waals surface area contributed by atoms with Crippen molar-refractivity contribution in [2.45, 2.75) is 25.5 Å². The molecule has 0 radical (unpaired) electrons. The van der Waals surface area contributed by atoms with Crippen molar-refractivity contribution < 1.29 is 14.3 Å². The van der Waals surface area contributed by atoms with E-state index in [4.69, 9.17) is 4.74 Å². The minimum atomic E-state index is -0.441. The molecule has 32 heavy (non-hydrogen) atoms. The van der Waals surface area contributed by atoms with Crippen LogP contribution in [0.15, 0.2) is 29.4 Å². The second-order valence-electron chi connectivity index (χ2n) is 6.68. The number of para-hydroxylation sites is 1. The summed E-state index contributed by atoms with van der Waals surface area (Å²) in [5, 5.41) is 20.4. The second kappa shape index (κ2) is 9.44. The molecule has 0 aliphatic heterocycles. The van der Waals surface area contributed by atoms with Crippen LogP contribution in [0, 0.1) is 6.92 Å². The topological polar surface area (TPSA) is 130 Å². The Hall–Kier alpha value is -3.32. The number of esters is 1. The molecule has 0 spiro atoms. The summed E-state index contributed by atoms with van der Waals surface area (Å²) in [5.41, 5.74) is 2.24. The molecule has 4 aromatic rings. The van der Waals surface area contributed by atoms with Crippen molar-refractivity contribution >= 4 is 51.1 Å². The van der Waals surface area contributed by atoms with E-state index in [1.807, 2.05) is 35.9 Å². The van der Waals surface area contributed by atoms with Gasteiger partial charge >= 0.3 is 5.97 Å². The molecular formula is C19H20N8O3S2. The Morgan fingerprint density at radius 3 is 2.84 bits per heavy atom. The van der Waals surface area contributed by atoms with Crippen molar-refractivity contribution in [1.29, 1.82) is 0 Å². The van der Waals surface area contributed by atoms with Crippen LogP contribution in [0.3, 0.4) is 0 Å². The highest BCUT2D eigenvalue weighted by Gasteiger charge is 2.18. The first-order valence-corrected chi connectivity index (χ1v) is 11.5. The molecule has 1 N–H and O–H groups in total. The van der Waals surface area contributed by atoms with Crippen LogP contribution in [0.1, 0.15) is 28.1 Å². The SMILES string of the molecule is CCOC(=O)c1sc(NC(=O)CSc2nnc(Cn3nnc4ccccc43)n2C)nc1C. The van der Waals surface area contributed by atoms with Crippen molar-refractivity contribution in [2.75, 3.05) is 17.7 Å². The Balaban J connectivity index is 1.36. The van der Waals surface area contributed by atoms with Gasteiger partial charge in [0.2, 0.25) is 5.91 Å². The van der Waals surface area contributed by atoms with Crippen molar-refractivity contribution in [2.24, 2.45) is 7.05 Å². The van der Waals surface area contributed by atoms with E-state index in [0.29, 0.717) is 33.2 Å². The van der Waals surface area contributed by atoms with E-state index in [1.165, 1.54) is 11.8 Å². The number of benzene rings is 1. The number of thioether (sulfide) groups is 1. The number of aromatic nitrogens is 7. The summed E-state index contributed by atoms with van der Waals surface area (Å²) in [6.45, 7) is 4.12. The highest BCUT2D eigenvalue weighted by Crippen LogP contribution is 2.24. The van der Waals surface area contributed by atoms with E-state index in [2.05, 4.69) is 30.8 Å². The molecule has 0 aliphatic carbocycles. The molecule has 0 fully saturated rings. The Bertz CT molecular complexity index is 1280. The molecule has 0 bridgehead atoms. The van der Waals surface area contributed by atoms with Crippen LogP contribution in [0.25, 0.3) is 11.0 Å². The van der Waals surface area contributed by atoms with E-state index in [1.54, 1.807) is 18.5 Å². The average Bonchev–Trinajstić information content (AvgIpc) is 3.45. The molecule has 0 unspecified atom stereocenters. The van der Waals surface area contributed by atoms with Gasteiger partial charge in [0.1, 0.15) is 16.9 Å². The van der Waals surface area contributed by atoms with Gasteiger partial charge in [-0.2, -0.15) is 0 Å². The molecule has 0 saturated carbocycles. The molecule has 13 heteroatoms. The number of anilines is 1. The van der Waals surface area contributed by atoms with Crippen LogP contribution >= 0.6 is 23.1 Å². The van der Waals surface area contributed by atoms with Crippen molar-refractivity contribution in [3.05, 3.63) is 40.7 Å². The van der Waals surface area contributed by atoms with E-state index in [9.17, 15) is 9.59 Å². The lowest BCUT2D eigenvalue weighted by Crippen LogP contribution is -2.14. The summed E-state index contributed by atoms with van der Waals surface area (Å²) >= 11 is 2.35. The Kier molecular flexibility index (Phi) is 6.46. The van der Waals surface area contributed by atoms with Gasteiger partial charge in [-0.3, -0.25) is 4.79 Å². The normalized spacial score (nSPS) is 11.1. The number of rotatable bonds is 8. The van der Waals surface area contributed by atoms with Gasteiger partial charge in [-0.15, -0.1) is 15.3 Å². The zero-order chi connectivity index (χ0) is 22.7. The summed E-state index contributed by atoms with van der Waals surface area (Å²) in [5.74, 6) is 0.110. The lowest BCUT2D eigenvalue weighted by atomic mass is 10.3. The molecule has 3 heterocycles. The molecule has 3 aromatic heterocycles. The Morgan fingerprint density at radius 2 is 2.03 bits per heavy atom. The molecule has 0 atom stereocenters. The van der Waals surface area contributed by atoms with Crippen molar-refractivity contribution in [1.82, 2.24) is 34.7 Å². The van der Waals surface area contributed by atoms with Crippen LogP contribution in [0.4, 0.5) is 5.13 Å². The quantitative estimate of drug-likeness (QED) is 0.303. The Labute approximate surface area is 191 Å². The molecule has 1 aromatic carbocycles. The Morgan fingerprint density at radius 1 is 1.22 bits per heavy atom.